The third-order valence-corrected chi connectivity index (χ3v) is 5.06. The number of hydrogen-bond acceptors (Lipinski definition) is 4. The van der Waals surface area contributed by atoms with Crippen molar-refractivity contribution in [1.82, 2.24) is 0 Å². The number of fused-ring (bicyclic) bond motifs is 2. The summed E-state index contributed by atoms with van der Waals surface area (Å²) in [5.74, 6) is 0.478. The molecule has 136 valence electrons. The molecule has 0 spiro atoms. The number of esters is 1. The molecule has 0 atom stereocenters. The van der Waals surface area contributed by atoms with Gasteiger partial charge in [0.05, 0.1) is 23.7 Å². The van der Waals surface area contributed by atoms with Crippen LogP contribution in [-0.4, -0.2) is 12.6 Å². The molecule has 1 aliphatic carbocycles. The van der Waals surface area contributed by atoms with Gasteiger partial charge in [-0.1, -0.05) is 37.3 Å². The first-order valence-corrected chi connectivity index (χ1v) is 9.32. The minimum atomic E-state index is -0.386. The maximum atomic E-state index is 12.2. The van der Waals surface area contributed by atoms with E-state index in [2.05, 4.69) is 12.1 Å². The zero-order chi connectivity index (χ0) is 18.9. The zero-order valence-corrected chi connectivity index (χ0v) is 15.3. The lowest BCUT2D eigenvalue weighted by atomic mass is 9.90. The number of ether oxygens (including phenoxy) is 2. The Morgan fingerprint density at radius 3 is 2.81 bits per heavy atom. The standard InChI is InChI=1S/C23H21NO3/c1-2-11-26-22(25)16-7-8-18-17(12-16)14-27-21-6-4-3-5-19(21)20(18)13-23(15-24)9-10-23/h3-8,12-13H,2,9-11,14H2,1H3/b20-13+. The molecule has 2 aromatic carbocycles. The second-order valence-corrected chi connectivity index (χ2v) is 7.12. The summed E-state index contributed by atoms with van der Waals surface area (Å²) in [6.07, 6.45) is 4.63. The first-order chi connectivity index (χ1) is 13.2. The van der Waals surface area contributed by atoms with E-state index in [1.165, 1.54) is 0 Å². The maximum Gasteiger partial charge on any atom is 0.338 e. The molecule has 0 unspecified atom stereocenters. The SMILES string of the molecule is CCCOC(=O)c1ccc2c(c1)COc1ccccc1/C2=C/C1(C#N)CC1. The van der Waals surface area contributed by atoms with Gasteiger partial charge in [-0.05, 0) is 54.2 Å². The summed E-state index contributed by atoms with van der Waals surface area (Å²) in [5.41, 5.74) is 4.07. The number of para-hydroxylation sites is 1. The average Bonchev–Trinajstić information content (AvgIpc) is 3.50. The Hall–Kier alpha value is -3.06. The first-order valence-electron chi connectivity index (χ1n) is 9.32. The molecule has 27 heavy (non-hydrogen) atoms. The largest absolute Gasteiger partial charge is 0.488 e. The first kappa shape index (κ1) is 17.4. The number of hydrogen-bond donors (Lipinski definition) is 0. The molecule has 4 heteroatoms. The quantitative estimate of drug-likeness (QED) is 0.730. The fraction of sp³-hybridized carbons (Fsp3) is 0.304. The van der Waals surface area contributed by atoms with Gasteiger partial charge in [0.2, 0.25) is 0 Å². The van der Waals surface area contributed by atoms with Gasteiger partial charge in [-0.3, -0.25) is 0 Å². The van der Waals surface area contributed by atoms with Crippen LogP contribution in [0.5, 0.6) is 5.75 Å². The lowest BCUT2D eigenvalue weighted by Gasteiger charge is -2.13. The van der Waals surface area contributed by atoms with Gasteiger partial charge in [0.25, 0.3) is 0 Å². The molecule has 0 saturated heterocycles. The van der Waals surface area contributed by atoms with E-state index in [0.717, 1.165) is 47.3 Å². The zero-order valence-electron chi connectivity index (χ0n) is 15.3. The van der Waals surface area contributed by atoms with Crippen molar-refractivity contribution in [3.05, 3.63) is 70.8 Å². The van der Waals surface area contributed by atoms with Crippen LogP contribution in [0, 0.1) is 16.7 Å². The summed E-state index contributed by atoms with van der Waals surface area (Å²) in [5, 5.41) is 9.57. The van der Waals surface area contributed by atoms with Crippen LogP contribution in [0.3, 0.4) is 0 Å². The van der Waals surface area contributed by atoms with Gasteiger partial charge >= 0.3 is 5.97 Å². The Kier molecular flexibility index (Phi) is 4.45. The molecule has 0 amide bonds. The van der Waals surface area contributed by atoms with Crippen LogP contribution < -0.4 is 4.74 Å². The highest BCUT2D eigenvalue weighted by Gasteiger charge is 2.42. The van der Waals surface area contributed by atoms with Crippen molar-refractivity contribution in [2.45, 2.75) is 32.8 Å². The summed E-state index contributed by atoms with van der Waals surface area (Å²) < 4.78 is 11.3. The third kappa shape index (κ3) is 3.33. The predicted molar refractivity (Wildman–Crippen MR) is 102 cm³/mol. The number of nitriles is 1. The lowest BCUT2D eigenvalue weighted by Crippen LogP contribution is -2.08. The van der Waals surface area contributed by atoms with Crippen molar-refractivity contribution in [3.63, 3.8) is 0 Å². The number of benzene rings is 2. The predicted octanol–water partition coefficient (Wildman–Crippen LogP) is 4.88. The molecular weight excluding hydrogens is 338 g/mol. The Morgan fingerprint density at radius 1 is 1.26 bits per heavy atom. The monoisotopic (exact) mass is 359 g/mol. The Morgan fingerprint density at radius 2 is 2.07 bits per heavy atom. The van der Waals surface area contributed by atoms with Crippen molar-refractivity contribution in [3.8, 4) is 11.8 Å². The van der Waals surface area contributed by atoms with E-state index >= 15 is 0 Å². The molecule has 1 fully saturated rings. The summed E-state index contributed by atoms with van der Waals surface area (Å²) in [6.45, 7) is 2.75. The molecule has 0 N–H and O–H groups in total. The number of carbonyl (C=O) groups is 1. The van der Waals surface area contributed by atoms with Crippen LogP contribution in [0.25, 0.3) is 5.57 Å². The number of carbonyl (C=O) groups excluding carboxylic acids is 1. The molecule has 1 heterocycles. The van der Waals surface area contributed by atoms with E-state index in [1.807, 2.05) is 43.3 Å². The third-order valence-electron chi connectivity index (χ3n) is 5.06. The maximum absolute atomic E-state index is 12.2. The molecule has 0 radical (unpaired) electrons. The van der Waals surface area contributed by atoms with Crippen LogP contribution in [0.2, 0.25) is 0 Å². The molecule has 2 aromatic rings. The van der Waals surface area contributed by atoms with E-state index < -0.39 is 0 Å². The second kappa shape index (κ2) is 6.92. The second-order valence-electron chi connectivity index (χ2n) is 7.12. The van der Waals surface area contributed by atoms with Gasteiger partial charge in [0.1, 0.15) is 12.4 Å². The Balaban J connectivity index is 1.80. The van der Waals surface area contributed by atoms with Crippen LogP contribution in [-0.2, 0) is 11.3 Å². The topological polar surface area (TPSA) is 59.3 Å². The molecule has 2 aliphatic rings. The highest BCUT2D eigenvalue weighted by Crippen LogP contribution is 2.50. The van der Waals surface area contributed by atoms with Crippen LogP contribution in [0.1, 0.15) is 53.2 Å². The summed E-state index contributed by atoms with van der Waals surface area (Å²) >= 11 is 0. The molecule has 4 nitrogen and oxygen atoms in total. The number of nitrogens with zero attached hydrogens (tertiary/aromatic N) is 1. The normalized spacial score (nSPS) is 17.7. The molecular formula is C23H21NO3. The van der Waals surface area contributed by atoms with Crippen molar-refractivity contribution >= 4 is 11.5 Å². The minimum absolute atomic E-state index is 0.317. The highest BCUT2D eigenvalue weighted by molar-refractivity contribution is 5.92. The van der Waals surface area contributed by atoms with E-state index in [9.17, 15) is 10.1 Å². The Labute approximate surface area is 159 Å². The van der Waals surface area contributed by atoms with Gasteiger partial charge in [-0.25, -0.2) is 4.79 Å². The van der Waals surface area contributed by atoms with Crippen molar-refractivity contribution < 1.29 is 14.3 Å². The van der Waals surface area contributed by atoms with E-state index in [-0.39, 0.29) is 11.4 Å². The van der Waals surface area contributed by atoms with E-state index in [1.54, 1.807) is 6.07 Å². The number of allylic oxidation sites excluding steroid dienone is 1. The fourth-order valence-electron chi connectivity index (χ4n) is 3.35. The summed E-state index contributed by atoms with van der Waals surface area (Å²) in [7, 11) is 0. The van der Waals surface area contributed by atoms with Crippen LogP contribution in [0.15, 0.2) is 48.5 Å². The minimum Gasteiger partial charge on any atom is -0.488 e. The molecule has 1 saturated carbocycles. The van der Waals surface area contributed by atoms with Gasteiger partial charge in [-0.15, -0.1) is 0 Å². The lowest BCUT2D eigenvalue weighted by molar-refractivity contribution is 0.0505. The van der Waals surface area contributed by atoms with Gasteiger partial charge in [0.15, 0.2) is 0 Å². The molecule has 1 aliphatic heterocycles. The summed E-state index contributed by atoms with van der Waals surface area (Å²) in [4.78, 5) is 12.2. The molecule has 4 rings (SSSR count). The van der Waals surface area contributed by atoms with Gasteiger partial charge < -0.3 is 9.47 Å². The average molecular weight is 359 g/mol. The van der Waals surface area contributed by atoms with Crippen LogP contribution >= 0.6 is 0 Å². The summed E-state index contributed by atoms with van der Waals surface area (Å²) in [6, 6.07) is 15.9. The van der Waals surface area contributed by atoms with Gasteiger partial charge in [-0.2, -0.15) is 5.26 Å². The fourth-order valence-corrected chi connectivity index (χ4v) is 3.35. The van der Waals surface area contributed by atoms with E-state index in [0.29, 0.717) is 18.8 Å². The Bertz CT molecular complexity index is 964. The van der Waals surface area contributed by atoms with Crippen molar-refractivity contribution in [1.29, 1.82) is 5.26 Å². The van der Waals surface area contributed by atoms with E-state index in [4.69, 9.17) is 9.47 Å². The highest BCUT2D eigenvalue weighted by atomic mass is 16.5. The molecule has 0 bridgehead atoms. The smallest absolute Gasteiger partial charge is 0.338 e. The van der Waals surface area contributed by atoms with Crippen molar-refractivity contribution in [2.75, 3.05) is 6.61 Å². The molecule has 0 aromatic heterocycles. The van der Waals surface area contributed by atoms with Crippen molar-refractivity contribution in [2.24, 2.45) is 5.41 Å². The van der Waals surface area contributed by atoms with Gasteiger partial charge in [0, 0.05) is 5.56 Å². The number of rotatable bonds is 4. The van der Waals surface area contributed by atoms with Crippen LogP contribution in [0.4, 0.5) is 0 Å².